The van der Waals surface area contributed by atoms with E-state index in [1.54, 1.807) is 0 Å². The van der Waals surface area contributed by atoms with Crippen molar-refractivity contribution in [2.24, 2.45) is 5.92 Å². The van der Waals surface area contributed by atoms with Crippen LogP contribution in [-0.4, -0.2) is 19.7 Å². The Balaban J connectivity index is 1.67. The molecule has 1 fully saturated rings. The van der Waals surface area contributed by atoms with Gasteiger partial charge in [0.05, 0.1) is 6.61 Å². The van der Waals surface area contributed by atoms with E-state index in [0.29, 0.717) is 12.5 Å². The molecule has 1 aromatic rings. The number of hydrogen-bond acceptors (Lipinski definition) is 3. The highest BCUT2D eigenvalue weighted by atomic mass is 79.9. The molecule has 1 unspecified atom stereocenters. The van der Waals surface area contributed by atoms with E-state index in [1.807, 2.05) is 12.1 Å². The van der Waals surface area contributed by atoms with Gasteiger partial charge in [-0.3, -0.25) is 0 Å². The zero-order chi connectivity index (χ0) is 9.80. The summed E-state index contributed by atoms with van der Waals surface area (Å²) < 4.78 is 11.6. The van der Waals surface area contributed by atoms with Gasteiger partial charge < -0.3 is 14.5 Å². The minimum Gasteiger partial charge on any atom is -0.452 e. The van der Waals surface area contributed by atoms with Crippen molar-refractivity contribution in [3.8, 4) is 0 Å². The first kappa shape index (κ1) is 10.2. The molecule has 2 heterocycles. The SMILES string of the molecule is Brc1ccc(COCC2CCNC2)o1. The Morgan fingerprint density at radius 2 is 2.50 bits per heavy atom. The summed E-state index contributed by atoms with van der Waals surface area (Å²) in [6.45, 7) is 3.61. The summed E-state index contributed by atoms with van der Waals surface area (Å²) in [5.41, 5.74) is 0. The van der Waals surface area contributed by atoms with Gasteiger partial charge in [-0.15, -0.1) is 0 Å². The first-order valence-electron chi connectivity index (χ1n) is 4.87. The molecule has 0 amide bonds. The summed E-state index contributed by atoms with van der Waals surface area (Å²) in [5, 5.41) is 3.31. The molecule has 2 rings (SSSR count). The summed E-state index contributed by atoms with van der Waals surface area (Å²) in [7, 11) is 0. The van der Waals surface area contributed by atoms with Crippen LogP contribution in [0.15, 0.2) is 21.2 Å². The highest BCUT2D eigenvalue weighted by molar-refractivity contribution is 9.10. The first-order valence-corrected chi connectivity index (χ1v) is 5.66. The normalized spacial score (nSPS) is 21.6. The van der Waals surface area contributed by atoms with Crippen molar-refractivity contribution in [2.75, 3.05) is 19.7 Å². The Kier molecular flexibility index (Phi) is 3.61. The lowest BCUT2D eigenvalue weighted by molar-refractivity contribution is 0.0799. The van der Waals surface area contributed by atoms with Gasteiger partial charge in [0.15, 0.2) is 4.67 Å². The van der Waals surface area contributed by atoms with Crippen LogP contribution in [0.1, 0.15) is 12.2 Å². The molecule has 1 N–H and O–H groups in total. The molecule has 0 bridgehead atoms. The van der Waals surface area contributed by atoms with Gasteiger partial charge in [-0.2, -0.15) is 0 Å². The molecular weight excluding hydrogens is 246 g/mol. The second-order valence-electron chi connectivity index (χ2n) is 3.58. The smallest absolute Gasteiger partial charge is 0.169 e. The second kappa shape index (κ2) is 4.96. The zero-order valence-electron chi connectivity index (χ0n) is 7.96. The molecular formula is C10H14BrNO2. The van der Waals surface area contributed by atoms with Crippen molar-refractivity contribution in [3.05, 3.63) is 22.6 Å². The highest BCUT2D eigenvalue weighted by Crippen LogP contribution is 2.15. The van der Waals surface area contributed by atoms with E-state index >= 15 is 0 Å². The van der Waals surface area contributed by atoms with Crippen LogP contribution in [0, 0.1) is 5.92 Å². The second-order valence-corrected chi connectivity index (χ2v) is 4.36. The minimum atomic E-state index is 0.572. The van der Waals surface area contributed by atoms with E-state index in [4.69, 9.17) is 9.15 Å². The Morgan fingerprint density at radius 1 is 1.57 bits per heavy atom. The highest BCUT2D eigenvalue weighted by Gasteiger charge is 2.14. The average Bonchev–Trinajstić information content (AvgIpc) is 2.77. The predicted molar refractivity (Wildman–Crippen MR) is 57.0 cm³/mol. The largest absolute Gasteiger partial charge is 0.452 e. The van der Waals surface area contributed by atoms with Crippen LogP contribution in [0.4, 0.5) is 0 Å². The molecule has 3 nitrogen and oxygen atoms in total. The quantitative estimate of drug-likeness (QED) is 0.900. The maximum absolute atomic E-state index is 5.56. The monoisotopic (exact) mass is 259 g/mol. The van der Waals surface area contributed by atoms with E-state index < -0.39 is 0 Å². The maximum Gasteiger partial charge on any atom is 0.169 e. The summed E-state index contributed by atoms with van der Waals surface area (Å²) in [6.07, 6.45) is 1.22. The van der Waals surface area contributed by atoms with Gasteiger partial charge in [-0.25, -0.2) is 0 Å². The zero-order valence-corrected chi connectivity index (χ0v) is 9.55. The van der Waals surface area contributed by atoms with E-state index in [-0.39, 0.29) is 0 Å². The summed E-state index contributed by atoms with van der Waals surface area (Å²) in [5.74, 6) is 1.55. The van der Waals surface area contributed by atoms with E-state index in [1.165, 1.54) is 6.42 Å². The van der Waals surface area contributed by atoms with Crippen molar-refractivity contribution in [1.29, 1.82) is 0 Å². The third-order valence-corrected chi connectivity index (χ3v) is 2.82. The molecule has 1 aliphatic rings. The van der Waals surface area contributed by atoms with Crippen molar-refractivity contribution in [2.45, 2.75) is 13.0 Å². The fourth-order valence-electron chi connectivity index (χ4n) is 1.61. The van der Waals surface area contributed by atoms with Gasteiger partial charge in [0.25, 0.3) is 0 Å². The molecule has 0 radical (unpaired) electrons. The Hall–Kier alpha value is -0.320. The van der Waals surface area contributed by atoms with Crippen molar-refractivity contribution in [3.63, 3.8) is 0 Å². The molecule has 1 saturated heterocycles. The van der Waals surface area contributed by atoms with Crippen molar-refractivity contribution >= 4 is 15.9 Å². The molecule has 1 aliphatic heterocycles. The van der Waals surface area contributed by atoms with Crippen molar-refractivity contribution < 1.29 is 9.15 Å². The first-order chi connectivity index (χ1) is 6.84. The summed E-state index contributed by atoms with van der Waals surface area (Å²) >= 11 is 3.26. The van der Waals surface area contributed by atoms with Crippen LogP contribution in [0.3, 0.4) is 0 Å². The molecule has 1 atom stereocenters. The molecule has 0 spiro atoms. The third kappa shape index (κ3) is 2.83. The van der Waals surface area contributed by atoms with Crippen LogP contribution in [-0.2, 0) is 11.3 Å². The third-order valence-electron chi connectivity index (χ3n) is 2.39. The van der Waals surface area contributed by atoms with Gasteiger partial charge in [-0.1, -0.05) is 0 Å². The van der Waals surface area contributed by atoms with Crippen molar-refractivity contribution in [1.82, 2.24) is 5.32 Å². The van der Waals surface area contributed by atoms with E-state index in [0.717, 1.165) is 30.1 Å². The maximum atomic E-state index is 5.56. The minimum absolute atomic E-state index is 0.572. The molecule has 1 aromatic heterocycles. The van der Waals surface area contributed by atoms with Gasteiger partial charge in [0.1, 0.15) is 12.4 Å². The predicted octanol–water partition coefficient (Wildman–Crippen LogP) is 2.17. The number of hydrogen-bond donors (Lipinski definition) is 1. The summed E-state index contributed by atoms with van der Waals surface area (Å²) in [4.78, 5) is 0. The average molecular weight is 260 g/mol. The van der Waals surface area contributed by atoms with E-state index in [9.17, 15) is 0 Å². The molecule has 0 saturated carbocycles. The number of ether oxygens (including phenoxy) is 1. The number of furan rings is 1. The van der Waals surface area contributed by atoms with Gasteiger partial charge in [0.2, 0.25) is 0 Å². The fraction of sp³-hybridized carbons (Fsp3) is 0.600. The van der Waals surface area contributed by atoms with E-state index in [2.05, 4.69) is 21.2 Å². The molecule has 78 valence electrons. The van der Waals surface area contributed by atoms with Gasteiger partial charge in [-0.05, 0) is 46.9 Å². The Morgan fingerprint density at radius 3 is 3.14 bits per heavy atom. The van der Waals surface area contributed by atoms with Gasteiger partial charge >= 0.3 is 0 Å². The molecule has 4 heteroatoms. The standard InChI is InChI=1S/C10H14BrNO2/c11-10-2-1-9(14-10)7-13-6-8-3-4-12-5-8/h1-2,8,12H,3-7H2. The van der Waals surface area contributed by atoms with Crippen LogP contribution in [0.5, 0.6) is 0 Å². The van der Waals surface area contributed by atoms with Gasteiger partial charge in [0, 0.05) is 6.54 Å². The van der Waals surface area contributed by atoms with Crippen LogP contribution < -0.4 is 5.32 Å². The summed E-state index contributed by atoms with van der Waals surface area (Å²) in [6, 6.07) is 3.81. The Bertz CT molecular complexity index is 281. The molecule has 14 heavy (non-hydrogen) atoms. The molecule has 0 aromatic carbocycles. The lowest BCUT2D eigenvalue weighted by Crippen LogP contribution is -2.13. The van der Waals surface area contributed by atoms with Crippen LogP contribution in [0.25, 0.3) is 0 Å². The lowest BCUT2D eigenvalue weighted by atomic mass is 10.1. The topological polar surface area (TPSA) is 34.4 Å². The number of nitrogens with one attached hydrogen (secondary N) is 1. The number of halogens is 1. The molecule has 0 aliphatic carbocycles. The van der Waals surface area contributed by atoms with Crippen LogP contribution in [0.2, 0.25) is 0 Å². The fourth-order valence-corrected chi connectivity index (χ4v) is 1.95. The van der Waals surface area contributed by atoms with Crippen LogP contribution >= 0.6 is 15.9 Å². The Labute approximate surface area is 91.9 Å². The number of rotatable bonds is 4. The lowest BCUT2D eigenvalue weighted by Gasteiger charge is -2.07.